The molecule has 23 heavy (non-hydrogen) atoms. The van der Waals surface area contributed by atoms with Crippen molar-refractivity contribution >= 4 is 0 Å². The smallest absolute Gasteiger partial charge is 0.123 e. The van der Waals surface area contributed by atoms with Crippen LogP contribution in [0.1, 0.15) is 16.7 Å². The second-order valence-electron chi connectivity index (χ2n) is 5.38. The van der Waals surface area contributed by atoms with E-state index < -0.39 is 0 Å². The Balaban J connectivity index is 1.59. The van der Waals surface area contributed by atoms with E-state index in [1.54, 1.807) is 6.07 Å². The van der Waals surface area contributed by atoms with Crippen LogP contribution in [0.25, 0.3) is 0 Å². The van der Waals surface area contributed by atoms with Gasteiger partial charge in [0.05, 0.1) is 0 Å². The summed E-state index contributed by atoms with van der Waals surface area (Å²) in [5, 5.41) is 0. The standard InChI is InChI=1S/C21H18FO/c22-20-10-4-8-17(14-20)12-13-18-9-5-11-21(15-18)23-16-19-6-2-1-3-7-19/h1-12,14-15H,13,16H2. The molecule has 0 aliphatic carbocycles. The zero-order chi connectivity index (χ0) is 15.9. The third-order valence-corrected chi connectivity index (χ3v) is 3.57. The summed E-state index contributed by atoms with van der Waals surface area (Å²) in [6.07, 6.45) is 2.76. The summed E-state index contributed by atoms with van der Waals surface area (Å²) in [6, 6.07) is 24.7. The molecule has 0 amide bonds. The maximum absolute atomic E-state index is 13.2. The van der Waals surface area contributed by atoms with Gasteiger partial charge in [-0.15, -0.1) is 0 Å². The van der Waals surface area contributed by atoms with Crippen LogP contribution in [0, 0.1) is 12.2 Å². The topological polar surface area (TPSA) is 9.23 Å². The maximum Gasteiger partial charge on any atom is 0.123 e. The third-order valence-electron chi connectivity index (χ3n) is 3.57. The van der Waals surface area contributed by atoms with Crippen molar-refractivity contribution < 1.29 is 9.13 Å². The molecular weight excluding hydrogens is 287 g/mol. The highest BCUT2D eigenvalue weighted by Crippen LogP contribution is 2.18. The molecular formula is C21H18FO. The number of ether oxygens (including phenoxy) is 1. The van der Waals surface area contributed by atoms with E-state index in [0.717, 1.165) is 28.9 Å². The van der Waals surface area contributed by atoms with Crippen LogP contribution in [0.4, 0.5) is 4.39 Å². The predicted octanol–water partition coefficient (Wildman–Crippen LogP) is 5.20. The summed E-state index contributed by atoms with van der Waals surface area (Å²) < 4.78 is 19.0. The molecule has 0 fully saturated rings. The monoisotopic (exact) mass is 305 g/mol. The minimum atomic E-state index is -0.210. The molecule has 3 aromatic carbocycles. The van der Waals surface area contributed by atoms with Gasteiger partial charge in [0.25, 0.3) is 0 Å². The van der Waals surface area contributed by atoms with Gasteiger partial charge in [-0.3, -0.25) is 0 Å². The van der Waals surface area contributed by atoms with Gasteiger partial charge >= 0.3 is 0 Å². The summed E-state index contributed by atoms with van der Waals surface area (Å²) in [4.78, 5) is 0. The fourth-order valence-electron chi connectivity index (χ4n) is 2.37. The van der Waals surface area contributed by atoms with Crippen LogP contribution >= 0.6 is 0 Å². The Morgan fingerprint density at radius 3 is 2.39 bits per heavy atom. The molecule has 0 unspecified atom stereocenters. The van der Waals surface area contributed by atoms with Gasteiger partial charge in [0.1, 0.15) is 18.2 Å². The Bertz CT molecular complexity index is 753. The summed E-state index contributed by atoms with van der Waals surface area (Å²) in [5.74, 6) is 0.637. The molecule has 0 saturated carbocycles. The molecule has 3 rings (SSSR count). The SMILES string of the molecule is Fc1cccc([CH]Cc2cccc(OCc3ccccc3)c2)c1. The Morgan fingerprint density at radius 2 is 1.57 bits per heavy atom. The summed E-state index contributed by atoms with van der Waals surface area (Å²) in [5.41, 5.74) is 3.17. The molecule has 1 nitrogen and oxygen atoms in total. The molecule has 0 aliphatic rings. The first kappa shape index (κ1) is 15.3. The fourth-order valence-corrected chi connectivity index (χ4v) is 2.37. The van der Waals surface area contributed by atoms with Crippen LogP contribution in [-0.2, 0) is 13.0 Å². The molecule has 115 valence electrons. The van der Waals surface area contributed by atoms with Gasteiger partial charge < -0.3 is 4.74 Å². The lowest BCUT2D eigenvalue weighted by molar-refractivity contribution is 0.306. The first-order valence-corrected chi connectivity index (χ1v) is 7.64. The van der Waals surface area contributed by atoms with Crippen LogP contribution in [0.3, 0.4) is 0 Å². The van der Waals surface area contributed by atoms with Crippen LogP contribution in [0.2, 0.25) is 0 Å². The van der Waals surface area contributed by atoms with Gasteiger partial charge in [-0.2, -0.15) is 0 Å². The summed E-state index contributed by atoms with van der Waals surface area (Å²) in [7, 11) is 0. The molecule has 2 heteroatoms. The third kappa shape index (κ3) is 4.68. The predicted molar refractivity (Wildman–Crippen MR) is 90.7 cm³/mol. The number of hydrogen-bond acceptors (Lipinski definition) is 1. The lowest BCUT2D eigenvalue weighted by Gasteiger charge is -2.08. The van der Waals surface area contributed by atoms with Crippen molar-refractivity contribution in [3.05, 3.63) is 108 Å². The molecule has 1 radical (unpaired) electrons. The second-order valence-corrected chi connectivity index (χ2v) is 5.38. The van der Waals surface area contributed by atoms with E-state index in [1.165, 1.54) is 12.1 Å². The van der Waals surface area contributed by atoms with Gasteiger partial charge in [-0.1, -0.05) is 54.6 Å². The van der Waals surface area contributed by atoms with Crippen molar-refractivity contribution in [3.8, 4) is 5.75 Å². The summed E-state index contributed by atoms with van der Waals surface area (Å²) in [6.45, 7) is 0.553. The van der Waals surface area contributed by atoms with E-state index in [-0.39, 0.29) is 5.82 Å². The van der Waals surface area contributed by atoms with Crippen molar-refractivity contribution in [2.24, 2.45) is 0 Å². The number of benzene rings is 3. The number of rotatable bonds is 6. The van der Waals surface area contributed by atoms with Gasteiger partial charge in [0.2, 0.25) is 0 Å². The van der Waals surface area contributed by atoms with E-state index >= 15 is 0 Å². The highest BCUT2D eigenvalue weighted by Gasteiger charge is 2.01. The molecule has 0 saturated heterocycles. The highest BCUT2D eigenvalue weighted by atomic mass is 19.1. The number of hydrogen-bond donors (Lipinski definition) is 0. The molecule has 0 spiro atoms. The van der Waals surface area contributed by atoms with Gasteiger partial charge in [0, 0.05) is 0 Å². The van der Waals surface area contributed by atoms with Gasteiger partial charge in [-0.25, -0.2) is 4.39 Å². The van der Waals surface area contributed by atoms with Crippen molar-refractivity contribution in [1.29, 1.82) is 0 Å². The van der Waals surface area contributed by atoms with Crippen molar-refractivity contribution in [1.82, 2.24) is 0 Å². The first-order valence-electron chi connectivity index (χ1n) is 7.64. The molecule has 0 aliphatic heterocycles. The van der Waals surface area contributed by atoms with E-state index in [9.17, 15) is 4.39 Å². The number of halogens is 1. The highest BCUT2D eigenvalue weighted by molar-refractivity contribution is 5.32. The normalized spacial score (nSPS) is 10.5. The van der Waals surface area contributed by atoms with Crippen LogP contribution < -0.4 is 4.74 Å². The van der Waals surface area contributed by atoms with E-state index in [2.05, 4.69) is 0 Å². The summed E-state index contributed by atoms with van der Waals surface area (Å²) >= 11 is 0. The Hall–Kier alpha value is -2.61. The minimum Gasteiger partial charge on any atom is -0.489 e. The second kappa shape index (κ2) is 7.59. The molecule has 0 aromatic heterocycles. The Labute approximate surface area is 136 Å². The Kier molecular flexibility index (Phi) is 5.05. The maximum atomic E-state index is 13.2. The van der Waals surface area contributed by atoms with E-state index in [1.807, 2.05) is 67.1 Å². The van der Waals surface area contributed by atoms with Crippen molar-refractivity contribution in [3.63, 3.8) is 0 Å². The van der Waals surface area contributed by atoms with Crippen molar-refractivity contribution in [2.45, 2.75) is 13.0 Å². The molecule has 0 bridgehead atoms. The van der Waals surface area contributed by atoms with Gasteiger partial charge in [-0.05, 0) is 53.8 Å². The zero-order valence-electron chi connectivity index (χ0n) is 12.8. The van der Waals surface area contributed by atoms with Crippen LogP contribution in [0.15, 0.2) is 78.9 Å². The lowest BCUT2D eigenvalue weighted by atomic mass is 10.0. The van der Waals surface area contributed by atoms with Gasteiger partial charge in [0.15, 0.2) is 0 Å². The molecule has 0 heterocycles. The van der Waals surface area contributed by atoms with Crippen LogP contribution in [-0.4, -0.2) is 0 Å². The van der Waals surface area contributed by atoms with Crippen LogP contribution in [0.5, 0.6) is 5.75 Å². The quantitative estimate of drug-likeness (QED) is 0.608. The zero-order valence-corrected chi connectivity index (χ0v) is 12.8. The molecule has 0 N–H and O–H groups in total. The Morgan fingerprint density at radius 1 is 0.783 bits per heavy atom. The average Bonchev–Trinajstić information content (AvgIpc) is 2.60. The largest absolute Gasteiger partial charge is 0.489 e. The molecule has 0 atom stereocenters. The van der Waals surface area contributed by atoms with Crippen molar-refractivity contribution in [2.75, 3.05) is 0 Å². The van der Waals surface area contributed by atoms with E-state index in [0.29, 0.717) is 6.61 Å². The molecule has 3 aromatic rings. The first-order chi connectivity index (χ1) is 11.3. The lowest BCUT2D eigenvalue weighted by Crippen LogP contribution is -1.96. The minimum absolute atomic E-state index is 0.210. The fraction of sp³-hybridized carbons (Fsp3) is 0.0952. The average molecular weight is 305 g/mol. The van der Waals surface area contributed by atoms with E-state index in [4.69, 9.17) is 4.74 Å².